The topological polar surface area (TPSA) is 77.9 Å². The molecular weight excluding hydrogens is 400 g/mol. The lowest BCUT2D eigenvalue weighted by Crippen LogP contribution is -2.49. The van der Waals surface area contributed by atoms with Crippen molar-refractivity contribution in [3.8, 4) is 0 Å². The second-order valence-corrected chi connectivity index (χ2v) is 9.45. The maximum atomic E-state index is 13.0. The molecule has 1 heterocycles. The Morgan fingerprint density at radius 2 is 1.77 bits per heavy atom. The minimum atomic E-state index is -3.59. The van der Waals surface area contributed by atoms with Crippen LogP contribution < -0.4 is 0 Å². The molecule has 7 heteroatoms. The Balaban J connectivity index is 1.58. The van der Waals surface area contributed by atoms with Crippen LogP contribution in [0.4, 0.5) is 0 Å². The molecular formula is C23H28N2O4S. The van der Waals surface area contributed by atoms with E-state index in [0.29, 0.717) is 31.7 Å². The molecule has 30 heavy (non-hydrogen) atoms. The van der Waals surface area contributed by atoms with Crippen LogP contribution in [-0.4, -0.2) is 67.8 Å². The van der Waals surface area contributed by atoms with Gasteiger partial charge in [0.1, 0.15) is 6.61 Å². The Kier molecular flexibility index (Phi) is 7.55. The van der Waals surface area contributed by atoms with Crippen LogP contribution in [0.25, 0.3) is 6.08 Å². The molecule has 0 aromatic heterocycles. The van der Waals surface area contributed by atoms with E-state index >= 15 is 0 Å². The number of ketones is 1. The van der Waals surface area contributed by atoms with Crippen LogP contribution in [0.15, 0.2) is 59.5 Å². The third kappa shape index (κ3) is 5.86. The van der Waals surface area contributed by atoms with Gasteiger partial charge < -0.3 is 10.0 Å². The Hall–Kier alpha value is -2.32. The van der Waals surface area contributed by atoms with Gasteiger partial charge in [0, 0.05) is 32.7 Å². The van der Waals surface area contributed by atoms with Gasteiger partial charge >= 0.3 is 0 Å². The van der Waals surface area contributed by atoms with E-state index < -0.39 is 22.4 Å². The lowest BCUT2D eigenvalue weighted by atomic mass is 10.1. The molecule has 1 aliphatic heterocycles. The molecule has 0 spiro atoms. The van der Waals surface area contributed by atoms with E-state index in [1.54, 1.807) is 24.3 Å². The number of carbonyl (C=O) groups excluding carboxylic acids is 1. The van der Waals surface area contributed by atoms with Crippen LogP contribution in [0.2, 0.25) is 0 Å². The SMILES string of the molecule is Cc1ccc(CCN2CCN(S(=O)(=O)c3cccc(/C=C/C(=O)CO)c3)CC2)cc1. The number of benzene rings is 2. The fourth-order valence-electron chi connectivity index (χ4n) is 3.41. The summed E-state index contributed by atoms with van der Waals surface area (Å²) in [4.78, 5) is 13.7. The van der Waals surface area contributed by atoms with Crippen LogP contribution in [-0.2, 0) is 21.2 Å². The van der Waals surface area contributed by atoms with Gasteiger partial charge in [-0.25, -0.2) is 8.42 Å². The third-order valence-corrected chi connectivity index (χ3v) is 7.18. The van der Waals surface area contributed by atoms with Crippen molar-refractivity contribution in [1.82, 2.24) is 9.21 Å². The molecule has 6 nitrogen and oxygen atoms in total. The first kappa shape index (κ1) is 22.4. The van der Waals surface area contributed by atoms with Gasteiger partial charge in [-0.15, -0.1) is 0 Å². The molecule has 2 aromatic rings. The highest BCUT2D eigenvalue weighted by atomic mass is 32.2. The molecule has 2 aromatic carbocycles. The van der Waals surface area contributed by atoms with Gasteiger partial charge in [-0.2, -0.15) is 4.31 Å². The molecule has 1 fully saturated rings. The summed E-state index contributed by atoms with van der Waals surface area (Å²) in [5.41, 5.74) is 3.15. The van der Waals surface area contributed by atoms with Crippen molar-refractivity contribution in [1.29, 1.82) is 0 Å². The zero-order chi connectivity index (χ0) is 21.6. The number of aliphatic hydroxyl groups excluding tert-OH is 1. The minimum Gasteiger partial charge on any atom is -0.388 e. The van der Waals surface area contributed by atoms with E-state index in [9.17, 15) is 13.2 Å². The summed E-state index contributed by atoms with van der Waals surface area (Å²) in [6.07, 6.45) is 3.72. The average Bonchev–Trinajstić information content (AvgIpc) is 2.77. The number of hydrogen-bond donors (Lipinski definition) is 1. The molecule has 160 valence electrons. The molecule has 1 aliphatic rings. The number of aliphatic hydroxyl groups is 1. The number of piperazine rings is 1. The van der Waals surface area contributed by atoms with Crippen molar-refractivity contribution in [2.45, 2.75) is 18.2 Å². The number of sulfonamides is 1. The molecule has 0 bridgehead atoms. The Labute approximate surface area is 178 Å². The van der Waals surface area contributed by atoms with Gasteiger partial charge in [0.2, 0.25) is 10.0 Å². The molecule has 0 amide bonds. The quantitative estimate of drug-likeness (QED) is 0.652. The number of nitrogens with zero attached hydrogens (tertiary/aromatic N) is 2. The Morgan fingerprint density at radius 3 is 2.43 bits per heavy atom. The molecule has 0 saturated carbocycles. The summed E-state index contributed by atoms with van der Waals surface area (Å²) in [6.45, 7) is 4.74. The van der Waals surface area contributed by atoms with Crippen LogP contribution in [0.1, 0.15) is 16.7 Å². The fourth-order valence-corrected chi connectivity index (χ4v) is 4.88. The molecule has 0 radical (unpaired) electrons. The summed E-state index contributed by atoms with van der Waals surface area (Å²) < 4.78 is 27.6. The minimum absolute atomic E-state index is 0.217. The van der Waals surface area contributed by atoms with Crippen molar-refractivity contribution in [2.24, 2.45) is 0 Å². The molecule has 1 saturated heterocycles. The van der Waals surface area contributed by atoms with Gasteiger partial charge in [0.25, 0.3) is 0 Å². The fraction of sp³-hybridized carbons (Fsp3) is 0.348. The molecule has 1 N–H and O–H groups in total. The van der Waals surface area contributed by atoms with Crippen molar-refractivity contribution in [3.63, 3.8) is 0 Å². The standard InChI is InChI=1S/C23H28N2O4S/c1-19-5-7-20(8-6-19)11-12-24-13-15-25(16-14-24)30(28,29)23-4-2-3-21(17-23)9-10-22(27)18-26/h2-10,17,26H,11-16,18H2,1H3/b10-9+. The first-order chi connectivity index (χ1) is 14.4. The van der Waals surface area contributed by atoms with Crippen molar-refractivity contribution < 1.29 is 18.3 Å². The predicted molar refractivity (Wildman–Crippen MR) is 118 cm³/mol. The van der Waals surface area contributed by atoms with Crippen LogP contribution in [0, 0.1) is 6.92 Å². The highest BCUT2D eigenvalue weighted by Crippen LogP contribution is 2.20. The van der Waals surface area contributed by atoms with E-state index in [1.165, 1.54) is 27.6 Å². The van der Waals surface area contributed by atoms with Gasteiger partial charge in [-0.1, -0.05) is 48.0 Å². The first-order valence-corrected chi connectivity index (χ1v) is 11.5. The lowest BCUT2D eigenvalue weighted by molar-refractivity contribution is -0.117. The summed E-state index contributed by atoms with van der Waals surface area (Å²) >= 11 is 0. The summed E-state index contributed by atoms with van der Waals surface area (Å²) in [7, 11) is -3.59. The van der Waals surface area contributed by atoms with E-state index in [2.05, 4.69) is 36.1 Å². The lowest BCUT2D eigenvalue weighted by Gasteiger charge is -2.34. The zero-order valence-corrected chi connectivity index (χ0v) is 18.0. The first-order valence-electron chi connectivity index (χ1n) is 10.1. The number of hydrogen-bond acceptors (Lipinski definition) is 5. The maximum absolute atomic E-state index is 13.0. The van der Waals surface area contributed by atoms with Gasteiger partial charge in [0.15, 0.2) is 5.78 Å². The molecule has 0 atom stereocenters. The molecule has 3 rings (SSSR count). The van der Waals surface area contributed by atoms with E-state index in [1.807, 2.05) is 0 Å². The highest BCUT2D eigenvalue weighted by Gasteiger charge is 2.28. The third-order valence-electron chi connectivity index (χ3n) is 5.28. The number of aryl methyl sites for hydroxylation is 1. The van der Waals surface area contributed by atoms with Crippen LogP contribution >= 0.6 is 0 Å². The van der Waals surface area contributed by atoms with Crippen molar-refractivity contribution in [2.75, 3.05) is 39.3 Å². The van der Waals surface area contributed by atoms with Crippen molar-refractivity contribution >= 4 is 21.9 Å². The van der Waals surface area contributed by atoms with Gasteiger partial charge in [0.05, 0.1) is 4.90 Å². The van der Waals surface area contributed by atoms with E-state index in [-0.39, 0.29) is 4.90 Å². The number of carbonyl (C=O) groups is 1. The predicted octanol–water partition coefficient (Wildman–Crippen LogP) is 2.12. The van der Waals surface area contributed by atoms with E-state index in [0.717, 1.165) is 13.0 Å². The second-order valence-electron chi connectivity index (χ2n) is 7.51. The number of rotatable bonds is 8. The second kappa shape index (κ2) is 10.1. The average molecular weight is 429 g/mol. The largest absolute Gasteiger partial charge is 0.388 e. The highest BCUT2D eigenvalue weighted by molar-refractivity contribution is 7.89. The summed E-state index contributed by atoms with van der Waals surface area (Å²) in [6, 6.07) is 15.0. The molecule has 0 aliphatic carbocycles. The molecule has 0 unspecified atom stereocenters. The summed E-state index contributed by atoms with van der Waals surface area (Å²) in [5.74, 6) is -0.426. The smallest absolute Gasteiger partial charge is 0.243 e. The van der Waals surface area contributed by atoms with Crippen LogP contribution in [0.3, 0.4) is 0 Å². The zero-order valence-electron chi connectivity index (χ0n) is 17.2. The van der Waals surface area contributed by atoms with Crippen molar-refractivity contribution in [3.05, 3.63) is 71.3 Å². The summed E-state index contributed by atoms with van der Waals surface area (Å²) in [5, 5.41) is 8.79. The Morgan fingerprint density at radius 1 is 1.07 bits per heavy atom. The maximum Gasteiger partial charge on any atom is 0.243 e. The Bertz CT molecular complexity index is 992. The monoisotopic (exact) mass is 428 g/mol. The van der Waals surface area contributed by atoms with Gasteiger partial charge in [-0.05, 0) is 42.7 Å². The van der Waals surface area contributed by atoms with Gasteiger partial charge in [-0.3, -0.25) is 4.79 Å². The van der Waals surface area contributed by atoms with Crippen LogP contribution in [0.5, 0.6) is 0 Å². The van der Waals surface area contributed by atoms with E-state index in [4.69, 9.17) is 5.11 Å². The normalized spacial score (nSPS) is 16.2.